The Morgan fingerprint density at radius 1 is 1.19 bits per heavy atom. The van der Waals surface area contributed by atoms with E-state index in [4.69, 9.17) is 10.5 Å². The molecule has 0 amide bonds. The molecule has 0 spiro atoms. The Balaban J connectivity index is 2.61. The maximum Gasteiger partial charge on any atom is 0.119 e. The van der Waals surface area contributed by atoms with Gasteiger partial charge in [-0.3, -0.25) is 0 Å². The first-order valence-electron chi connectivity index (χ1n) is 7.94. The monoisotopic (exact) mass is 292 g/mol. The topological polar surface area (TPSA) is 38.5 Å². The summed E-state index contributed by atoms with van der Waals surface area (Å²) in [5.74, 6) is 0.921. The van der Waals surface area contributed by atoms with Crippen LogP contribution < -0.4 is 10.5 Å². The van der Waals surface area contributed by atoms with Crippen molar-refractivity contribution in [1.82, 2.24) is 4.90 Å². The van der Waals surface area contributed by atoms with E-state index in [0.717, 1.165) is 30.9 Å². The minimum Gasteiger partial charge on any atom is -0.494 e. The Kier molecular flexibility index (Phi) is 6.69. The van der Waals surface area contributed by atoms with Gasteiger partial charge >= 0.3 is 0 Å². The molecule has 2 atom stereocenters. The molecule has 2 unspecified atom stereocenters. The van der Waals surface area contributed by atoms with Gasteiger partial charge < -0.3 is 15.4 Å². The number of benzene rings is 1. The van der Waals surface area contributed by atoms with Crippen LogP contribution in [0.15, 0.2) is 24.3 Å². The van der Waals surface area contributed by atoms with E-state index in [1.165, 1.54) is 0 Å². The van der Waals surface area contributed by atoms with E-state index < -0.39 is 0 Å². The quantitative estimate of drug-likeness (QED) is 0.830. The summed E-state index contributed by atoms with van der Waals surface area (Å²) in [6.45, 7) is 12.8. The van der Waals surface area contributed by atoms with Crippen molar-refractivity contribution in [2.24, 2.45) is 11.1 Å². The predicted molar refractivity (Wildman–Crippen MR) is 90.7 cm³/mol. The molecule has 0 radical (unpaired) electrons. The summed E-state index contributed by atoms with van der Waals surface area (Å²) in [4.78, 5) is 2.34. The molecule has 0 aromatic heterocycles. The first-order chi connectivity index (χ1) is 9.75. The average molecular weight is 292 g/mol. The molecule has 3 nitrogen and oxygen atoms in total. The molecule has 1 aromatic rings. The molecule has 120 valence electrons. The summed E-state index contributed by atoms with van der Waals surface area (Å²) in [5.41, 5.74) is 7.76. The summed E-state index contributed by atoms with van der Waals surface area (Å²) in [6.07, 6.45) is 1.02. The van der Waals surface area contributed by atoms with E-state index in [2.05, 4.69) is 58.7 Å². The van der Waals surface area contributed by atoms with Crippen molar-refractivity contribution in [1.29, 1.82) is 0 Å². The minimum atomic E-state index is 0.0278. The molecular formula is C18H32N2O. The highest BCUT2D eigenvalue weighted by Gasteiger charge is 2.25. The van der Waals surface area contributed by atoms with Crippen LogP contribution in [-0.4, -0.2) is 31.1 Å². The van der Waals surface area contributed by atoms with Crippen LogP contribution in [0, 0.1) is 5.41 Å². The number of ether oxygens (including phenoxy) is 1. The van der Waals surface area contributed by atoms with Gasteiger partial charge in [0.2, 0.25) is 0 Å². The Morgan fingerprint density at radius 2 is 1.76 bits per heavy atom. The fourth-order valence-electron chi connectivity index (χ4n) is 2.27. The van der Waals surface area contributed by atoms with Gasteiger partial charge in [-0.15, -0.1) is 0 Å². The number of hydrogen-bond acceptors (Lipinski definition) is 3. The van der Waals surface area contributed by atoms with Gasteiger partial charge in [0, 0.05) is 18.6 Å². The van der Waals surface area contributed by atoms with Crippen LogP contribution in [-0.2, 0) is 0 Å². The van der Waals surface area contributed by atoms with Gasteiger partial charge in [0.05, 0.1) is 6.61 Å². The molecule has 0 heterocycles. The zero-order valence-corrected chi connectivity index (χ0v) is 14.5. The summed E-state index contributed by atoms with van der Waals surface area (Å²) in [6, 6.07) is 8.68. The van der Waals surface area contributed by atoms with Gasteiger partial charge in [0.1, 0.15) is 5.75 Å². The second-order valence-electron chi connectivity index (χ2n) is 7.01. The van der Waals surface area contributed by atoms with Crippen molar-refractivity contribution in [3.05, 3.63) is 29.8 Å². The lowest BCUT2D eigenvalue weighted by atomic mass is 9.87. The van der Waals surface area contributed by atoms with Crippen LogP contribution in [0.1, 0.15) is 52.6 Å². The number of likely N-dealkylation sites (N-methyl/N-ethyl adjacent to an activating group) is 1. The molecule has 0 saturated heterocycles. The number of nitrogens with two attached hydrogens (primary N) is 1. The summed E-state index contributed by atoms with van der Waals surface area (Å²) in [7, 11) is 2.15. The molecule has 0 aliphatic heterocycles. The minimum absolute atomic E-state index is 0.0278. The molecule has 0 aliphatic rings. The van der Waals surface area contributed by atoms with Gasteiger partial charge in [-0.05, 0) is 43.5 Å². The molecule has 0 saturated carbocycles. The molecule has 0 aliphatic carbocycles. The molecule has 1 aromatic carbocycles. The highest BCUT2D eigenvalue weighted by Crippen LogP contribution is 2.25. The summed E-state index contributed by atoms with van der Waals surface area (Å²) < 4.78 is 5.60. The normalized spacial score (nSPS) is 15.0. The lowest BCUT2D eigenvalue weighted by Crippen LogP contribution is -2.42. The molecule has 21 heavy (non-hydrogen) atoms. The van der Waals surface area contributed by atoms with E-state index in [-0.39, 0.29) is 11.5 Å². The van der Waals surface area contributed by atoms with E-state index in [9.17, 15) is 0 Å². The number of hydrogen-bond donors (Lipinski definition) is 1. The lowest BCUT2D eigenvalue weighted by Gasteiger charge is -2.36. The van der Waals surface area contributed by atoms with Crippen LogP contribution in [0.3, 0.4) is 0 Å². The van der Waals surface area contributed by atoms with Crippen molar-refractivity contribution >= 4 is 0 Å². The van der Waals surface area contributed by atoms with Crippen molar-refractivity contribution in [3.63, 3.8) is 0 Å². The summed E-state index contributed by atoms with van der Waals surface area (Å²) >= 11 is 0. The third-order valence-electron chi connectivity index (χ3n) is 4.18. The van der Waals surface area contributed by atoms with Crippen molar-refractivity contribution in [2.75, 3.05) is 20.2 Å². The van der Waals surface area contributed by atoms with Gasteiger partial charge in [-0.2, -0.15) is 0 Å². The van der Waals surface area contributed by atoms with E-state index in [1.807, 2.05) is 12.1 Å². The zero-order valence-electron chi connectivity index (χ0n) is 14.5. The summed E-state index contributed by atoms with van der Waals surface area (Å²) in [5, 5.41) is 0. The van der Waals surface area contributed by atoms with E-state index in [0.29, 0.717) is 6.04 Å². The smallest absolute Gasteiger partial charge is 0.119 e. The SMILES string of the molecule is CCCOc1ccc(C(N)CN(C)C(C)C(C)(C)C)cc1. The maximum absolute atomic E-state index is 6.34. The average Bonchev–Trinajstić information content (AvgIpc) is 2.43. The van der Waals surface area contributed by atoms with Crippen molar-refractivity contribution in [3.8, 4) is 5.75 Å². The third-order valence-corrected chi connectivity index (χ3v) is 4.18. The maximum atomic E-state index is 6.34. The van der Waals surface area contributed by atoms with Crippen LogP contribution in [0.4, 0.5) is 0 Å². The number of rotatable bonds is 7. The lowest BCUT2D eigenvalue weighted by molar-refractivity contribution is 0.134. The van der Waals surface area contributed by atoms with Gasteiger partial charge in [0.15, 0.2) is 0 Å². The zero-order chi connectivity index (χ0) is 16.0. The molecule has 0 fully saturated rings. The molecule has 2 N–H and O–H groups in total. The predicted octanol–water partition coefficient (Wildman–Crippen LogP) is 3.84. The van der Waals surface area contributed by atoms with E-state index in [1.54, 1.807) is 0 Å². The van der Waals surface area contributed by atoms with Crippen LogP contribution in [0.25, 0.3) is 0 Å². The molecule has 1 rings (SSSR count). The Labute approximate surface area is 130 Å². The molecule has 3 heteroatoms. The Hall–Kier alpha value is -1.06. The first kappa shape index (κ1) is 18.0. The standard InChI is InChI=1S/C18H32N2O/c1-7-12-21-16-10-8-15(9-11-16)17(19)13-20(6)14(2)18(3,4)5/h8-11,14,17H,7,12-13,19H2,1-6H3. The highest BCUT2D eigenvalue weighted by molar-refractivity contribution is 5.29. The second kappa shape index (κ2) is 7.81. The Morgan fingerprint density at radius 3 is 2.24 bits per heavy atom. The van der Waals surface area contributed by atoms with Crippen LogP contribution in [0.2, 0.25) is 0 Å². The van der Waals surface area contributed by atoms with Crippen LogP contribution >= 0.6 is 0 Å². The van der Waals surface area contributed by atoms with E-state index >= 15 is 0 Å². The van der Waals surface area contributed by atoms with Gasteiger partial charge in [0.25, 0.3) is 0 Å². The molecule has 0 bridgehead atoms. The van der Waals surface area contributed by atoms with Crippen LogP contribution in [0.5, 0.6) is 5.75 Å². The molecular weight excluding hydrogens is 260 g/mol. The fourth-order valence-corrected chi connectivity index (χ4v) is 2.27. The van der Waals surface area contributed by atoms with Gasteiger partial charge in [-0.25, -0.2) is 0 Å². The number of nitrogens with zero attached hydrogens (tertiary/aromatic N) is 1. The third kappa shape index (κ3) is 5.68. The van der Waals surface area contributed by atoms with Crippen molar-refractivity contribution < 1.29 is 4.74 Å². The van der Waals surface area contributed by atoms with Crippen molar-refractivity contribution in [2.45, 2.75) is 53.1 Å². The first-order valence-corrected chi connectivity index (χ1v) is 7.94. The second-order valence-corrected chi connectivity index (χ2v) is 7.01. The largest absolute Gasteiger partial charge is 0.494 e. The highest BCUT2D eigenvalue weighted by atomic mass is 16.5. The van der Waals surface area contributed by atoms with Gasteiger partial charge in [-0.1, -0.05) is 39.8 Å². The fraction of sp³-hybridized carbons (Fsp3) is 0.667. The Bertz CT molecular complexity index is 408.